The van der Waals surface area contributed by atoms with E-state index >= 15 is 0 Å². The first-order chi connectivity index (χ1) is 15.8. The van der Waals surface area contributed by atoms with Crippen molar-refractivity contribution in [2.24, 2.45) is 0 Å². The van der Waals surface area contributed by atoms with Gasteiger partial charge in [-0.05, 0) is 49.4 Å². The van der Waals surface area contributed by atoms with Gasteiger partial charge in [0.15, 0.2) is 0 Å². The van der Waals surface area contributed by atoms with E-state index in [0.717, 1.165) is 0 Å². The molecule has 4 amide bonds. The minimum atomic E-state index is -0.850. The number of urea groups is 1. The van der Waals surface area contributed by atoms with Crippen molar-refractivity contribution in [2.45, 2.75) is 19.1 Å². The molecule has 0 aromatic heterocycles. The van der Waals surface area contributed by atoms with Gasteiger partial charge in [0.1, 0.15) is 19.4 Å². The van der Waals surface area contributed by atoms with Crippen LogP contribution in [0.1, 0.15) is 6.92 Å². The second-order valence-corrected chi connectivity index (χ2v) is 8.45. The normalized spacial score (nSPS) is 20.6. The van der Waals surface area contributed by atoms with Crippen molar-refractivity contribution in [1.82, 2.24) is 4.90 Å². The fourth-order valence-corrected chi connectivity index (χ4v) is 4.09. The maximum Gasteiger partial charge on any atom is 0.324 e. The summed E-state index contributed by atoms with van der Waals surface area (Å²) in [6.45, 7) is 2.52. The van der Waals surface area contributed by atoms with Crippen molar-refractivity contribution in [1.29, 1.82) is 0 Å². The number of carbonyl (C=O) groups is 3. The number of hydrogen-bond donors (Lipinski definition) is 2. The van der Waals surface area contributed by atoms with Crippen molar-refractivity contribution < 1.29 is 23.9 Å². The molecular weight excluding hydrogens is 471 g/mol. The molecule has 11 heteroatoms. The number of rotatable bonds is 4. The molecule has 0 aliphatic carbocycles. The molecule has 0 radical (unpaired) electrons. The number of hydrogen-bond acceptors (Lipinski definition) is 5. The smallest absolute Gasteiger partial charge is 0.324 e. The molecule has 2 aliphatic heterocycles. The second kappa shape index (κ2) is 9.96. The Morgan fingerprint density at radius 2 is 1.79 bits per heavy atom. The van der Waals surface area contributed by atoms with Crippen LogP contribution in [0.25, 0.3) is 0 Å². The van der Waals surface area contributed by atoms with Gasteiger partial charge in [0.2, 0.25) is 5.91 Å². The lowest BCUT2D eigenvalue weighted by Gasteiger charge is -2.28. The van der Waals surface area contributed by atoms with Crippen molar-refractivity contribution in [2.75, 3.05) is 42.0 Å². The van der Waals surface area contributed by atoms with Crippen LogP contribution in [0, 0.1) is 0 Å². The van der Waals surface area contributed by atoms with Crippen LogP contribution in [0.3, 0.4) is 0 Å². The molecule has 0 unspecified atom stereocenters. The quantitative estimate of drug-likeness (QED) is 0.679. The molecule has 2 heterocycles. The third kappa shape index (κ3) is 5.22. The van der Waals surface area contributed by atoms with E-state index in [1.165, 1.54) is 4.90 Å². The van der Waals surface area contributed by atoms with Crippen LogP contribution in [0.2, 0.25) is 10.0 Å². The van der Waals surface area contributed by atoms with Crippen LogP contribution < -0.4 is 15.5 Å². The summed E-state index contributed by atoms with van der Waals surface area (Å²) in [6, 6.07) is 10.2. The molecule has 2 aliphatic rings. The van der Waals surface area contributed by atoms with Gasteiger partial charge in [0.25, 0.3) is 5.91 Å². The molecule has 2 N–H and O–H groups in total. The highest BCUT2D eigenvalue weighted by atomic mass is 35.5. The lowest BCUT2D eigenvalue weighted by molar-refractivity contribution is -0.125. The first-order valence-corrected chi connectivity index (χ1v) is 11.0. The number of carbonyl (C=O) groups excluding carboxylic acids is 3. The van der Waals surface area contributed by atoms with Crippen LogP contribution in [0.4, 0.5) is 21.9 Å². The van der Waals surface area contributed by atoms with Crippen LogP contribution in [0.15, 0.2) is 42.5 Å². The number of amides is 4. The average Bonchev–Trinajstić information content (AvgIpc) is 3.18. The number of ether oxygens (including phenoxy) is 2. The van der Waals surface area contributed by atoms with Gasteiger partial charge in [0.05, 0.1) is 23.4 Å². The van der Waals surface area contributed by atoms with Crippen molar-refractivity contribution in [3.8, 4) is 0 Å². The van der Waals surface area contributed by atoms with Crippen LogP contribution in [-0.2, 0) is 19.1 Å². The summed E-state index contributed by atoms with van der Waals surface area (Å²) in [7, 11) is 0. The van der Waals surface area contributed by atoms with Crippen molar-refractivity contribution in [3.63, 3.8) is 0 Å². The van der Waals surface area contributed by atoms with Gasteiger partial charge in [-0.15, -0.1) is 0 Å². The van der Waals surface area contributed by atoms with Crippen LogP contribution >= 0.6 is 23.2 Å². The average molecular weight is 493 g/mol. The largest absolute Gasteiger partial charge is 0.370 e. The van der Waals surface area contributed by atoms with E-state index in [-0.39, 0.29) is 19.2 Å². The van der Waals surface area contributed by atoms with E-state index in [2.05, 4.69) is 10.6 Å². The topological polar surface area (TPSA) is 100 Å². The van der Waals surface area contributed by atoms with Gasteiger partial charge in [0, 0.05) is 22.9 Å². The van der Waals surface area contributed by atoms with E-state index in [4.69, 9.17) is 32.7 Å². The van der Waals surface area contributed by atoms with E-state index in [0.29, 0.717) is 40.3 Å². The maximum absolute atomic E-state index is 13.0. The molecule has 0 saturated carbocycles. The number of morpholine rings is 1. The fourth-order valence-electron chi connectivity index (χ4n) is 3.68. The van der Waals surface area contributed by atoms with Crippen LogP contribution in [0.5, 0.6) is 0 Å². The first-order valence-electron chi connectivity index (χ1n) is 10.3. The molecule has 2 aromatic rings. The Kier molecular flexibility index (Phi) is 7.04. The number of halogens is 2. The van der Waals surface area contributed by atoms with Gasteiger partial charge >= 0.3 is 6.03 Å². The Morgan fingerprint density at radius 1 is 1.06 bits per heavy atom. The summed E-state index contributed by atoms with van der Waals surface area (Å²) in [6.07, 6.45) is -0.512. The van der Waals surface area contributed by atoms with Crippen molar-refractivity contribution in [3.05, 3.63) is 52.5 Å². The summed E-state index contributed by atoms with van der Waals surface area (Å²) in [4.78, 5) is 40.7. The van der Waals surface area contributed by atoms with Gasteiger partial charge in [-0.1, -0.05) is 23.2 Å². The zero-order chi connectivity index (χ0) is 23.5. The lowest BCUT2D eigenvalue weighted by Crippen LogP contribution is -2.48. The summed E-state index contributed by atoms with van der Waals surface area (Å²) in [5, 5.41) is 6.38. The van der Waals surface area contributed by atoms with E-state index < -0.39 is 24.1 Å². The van der Waals surface area contributed by atoms with E-state index in [9.17, 15) is 14.4 Å². The zero-order valence-corrected chi connectivity index (χ0v) is 19.2. The van der Waals surface area contributed by atoms with Gasteiger partial charge in [-0.25, -0.2) is 4.79 Å². The number of anilines is 3. The summed E-state index contributed by atoms with van der Waals surface area (Å²) in [5.41, 5.74) is 1.53. The monoisotopic (exact) mass is 492 g/mol. The molecule has 2 atom stereocenters. The van der Waals surface area contributed by atoms with Gasteiger partial charge in [-0.3, -0.25) is 14.5 Å². The van der Waals surface area contributed by atoms with Crippen LogP contribution in [-0.4, -0.2) is 61.4 Å². The first kappa shape index (κ1) is 23.3. The van der Waals surface area contributed by atoms with E-state index in [1.54, 1.807) is 54.3 Å². The maximum atomic E-state index is 13.0. The molecular formula is C22H22Cl2N4O5. The highest BCUT2D eigenvalue weighted by molar-refractivity contribution is 6.34. The summed E-state index contributed by atoms with van der Waals surface area (Å²) in [5.74, 6) is -0.600. The molecule has 4 rings (SSSR count). The number of benzene rings is 2. The fraction of sp³-hybridized carbons (Fsp3) is 0.318. The Bertz CT molecular complexity index is 1070. The standard InChI is InChI=1S/C22H22Cl2N4O5/c1-13-20(28(12-33-13)22(31)26-15-4-2-14(23)3-5-15)21(30)25-16-6-7-18(17(24)10-16)27-8-9-32-11-19(27)29/h2-7,10,13,20H,8-9,11-12H2,1H3,(H,25,30)(H,26,31)/t13-,20+/m0/s1. The molecule has 2 fully saturated rings. The Labute approximate surface area is 200 Å². The summed E-state index contributed by atoms with van der Waals surface area (Å²) >= 11 is 12.3. The molecule has 0 bridgehead atoms. The Balaban J connectivity index is 1.44. The number of nitrogens with zero attached hydrogens (tertiary/aromatic N) is 2. The minimum absolute atomic E-state index is 0.00229. The van der Waals surface area contributed by atoms with Gasteiger partial charge in [-0.2, -0.15) is 0 Å². The summed E-state index contributed by atoms with van der Waals surface area (Å²) < 4.78 is 10.7. The van der Waals surface area contributed by atoms with E-state index in [1.807, 2.05) is 0 Å². The molecule has 174 valence electrons. The van der Waals surface area contributed by atoms with Gasteiger partial charge < -0.3 is 25.0 Å². The lowest BCUT2D eigenvalue weighted by atomic mass is 10.1. The third-order valence-corrected chi connectivity index (χ3v) is 5.93. The number of nitrogens with one attached hydrogen (secondary N) is 2. The minimum Gasteiger partial charge on any atom is -0.370 e. The predicted octanol–water partition coefficient (Wildman–Crippen LogP) is 3.57. The Hall–Kier alpha value is -2.85. The second-order valence-electron chi connectivity index (χ2n) is 7.61. The Morgan fingerprint density at radius 3 is 2.48 bits per heavy atom. The highest BCUT2D eigenvalue weighted by Crippen LogP contribution is 2.30. The molecule has 33 heavy (non-hydrogen) atoms. The zero-order valence-electron chi connectivity index (χ0n) is 17.7. The highest BCUT2D eigenvalue weighted by Gasteiger charge is 2.41. The molecule has 0 spiro atoms. The SMILES string of the molecule is C[C@@H]1OCN(C(=O)Nc2ccc(Cl)cc2)[C@H]1C(=O)Nc1ccc(N2CCOCC2=O)c(Cl)c1. The predicted molar refractivity (Wildman–Crippen MR) is 125 cm³/mol. The third-order valence-electron chi connectivity index (χ3n) is 5.37. The molecule has 2 saturated heterocycles. The molecule has 2 aromatic carbocycles. The van der Waals surface area contributed by atoms with Crippen molar-refractivity contribution >= 4 is 58.1 Å². The molecule has 9 nitrogen and oxygen atoms in total.